The molecule has 1 aliphatic rings. The summed E-state index contributed by atoms with van der Waals surface area (Å²) in [5.41, 5.74) is 1.11. The molecular weight excluding hydrogens is 508 g/mol. The third-order valence-electron chi connectivity index (χ3n) is 6.58. The van der Waals surface area contributed by atoms with Crippen LogP contribution in [0.25, 0.3) is 17.0 Å². The molecule has 2 heterocycles. The van der Waals surface area contributed by atoms with Crippen LogP contribution in [-0.2, 0) is 20.7 Å². The summed E-state index contributed by atoms with van der Waals surface area (Å²) in [6.07, 6.45) is -5.31. The summed E-state index contributed by atoms with van der Waals surface area (Å²) < 4.78 is 23.2. The minimum Gasteiger partial charge on any atom is -0.496 e. The van der Waals surface area contributed by atoms with Gasteiger partial charge in [0, 0.05) is 18.6 Å². The van der Waals surface area contributed by atoms with Crippen molar-refractivity contribution < 1.29 is 43.8 Å². The highest BCUT2D eigenvalue weighted by molar-refractivity contribution is 5.88. The molecule has 0 radical (unpaired) electrons. The highest BCUT2D eigenvalue weighted by Gasteiger charge is 2.49. The van der Waals surface area contributed by atoms with Crippen molar-refractivity contribution >= 4 is 23.0 Å². The van der Waals surface area contributed by atoms with E-state index in [1.807, 2.05) is 6.07 Å². The fraction of sp³-hybridized carbons (Fsp3) is 0.379. The molecule has 4 N–H and O–H groups in total. The number of ether oxygens (including phenoxy) is 3. The van der Waals surface area contributed by atoms with E-state index in [1.54, 1.807) is 44.2 Å². The molecule has 0 aliphatic carbocycles. The van der Waals surface area contributed by atoms with Gasteiger partial charge in [0.2, 0.25) is 0 Å². The Bertz CT molecular complexity index is 1390. The predicted molar refractivity (Wildman–Crippen MR) is 141 cm³/mol. The Kier molecular flexibility index (Phi) is 8.83. The molecule has 1 aromatic heterocycles. The van der Waals surface area contributed by atoms with Crippen molar-refractivity contribution in [2.75, 3.05) is 13.7 Å². The molecule has 2 aromatic carbocycles. The van der Waals surface area contributed by atoms with Gasteiger partial charge in [0.1, 0.15) is 41.5 Å². The van der Waals surface area contributed by atoms with E-state index in [1.165, 1.54) is 25.3 Å². The monoisotopic (exact) mass is 540 g/mol. The molecule has 0 saturated carbocycles. The zero-order valence-electron chi connectivity index (χ0n) is 21.8. The number of aliphatic hydroxyl groups is 4. The zero-order valence-corrected chi connectivity index (χ0v) is 21.8. The lowest BCUT2D eigenvalue weighted by Crippen LogP contribution is -2.56. The van der Waals surface area contributed by atoms with Crippen molar-refractivity contribution in [2.45, 2.75) is 56.9 Å². The van der Waals surface area contributed by atoms with Crippen LogP contribution in [-0.4, -0.2) is 70.6 Å². The average Bonchev–Trinajstić information content (AvgIpc) is 2.90. The number of aliphatic hydroxyl groups excluding tert-OH is 4. The summed E-state index contributed by atoms with van der Waals surface area (Å²) in [7, 11) is 1.39. The van der Waals surface area contributed by atoms with Crippen molar-refractivity contribution in [3.63, 3.8) is 0 Å². The van der Waals surface area contributed by atoms with Crippen molar-refractivity contribution in [1.82, 2.24) is 0 Å². The van der Waals surface area contributed by atoms with E-state index in [0.29, 0.717) is 5.56 Å². The molecule has 6 atom stereocenters. The van der Waals surface area contributed by atoms with Gasteiger partial charge in [-0.1, -0.05) is 30.3 Å². The second-order valence-corrected chi connectivity index (χ2v) is 9.55. The second-order valence-electron chi connectivity index (χ2n) is 9.55. The van der Waals surface area contributed by atoms with Crippen LogP contribution in [0.15, 0.2) is 57.8 Å². The van der Waals surface area contributed by atoms with Gasteiger partial charge in [-0.15, -0.1) is 0 Å². The number of hydrogen-bond donors (Lipinski definition) is 4. The van der Waals surface area contributed by atoms with Crippen LogP contribution in [0.5, 0.6) is 5.75 Å². The van der Waals surface area contributed by atoms with Gasteiger partial charge in [0.05, 0.1) is 30.8 Å². The summed E-state index contributed by atoms with van der Waals surface area (Å²) in [5.74, 6) is -0.410. The molecular formula is C29H32O10. The first-order chi connectivity index (χ1) is 18.6. The highest BCUT2D eigenvalue weighted by Crippen LogP contribution is 2.43. The molecule has 10 nitrogen and oxygen atoms in total. The summed E-state index contributed by atoms with van der Waals surface area (Å²) in [5, 5.41) is 41.5. The van der Waals surface area contributed by atoms with Gasteiger partial charge in [0.25, 0.3) is 0 Å². The molecule has 39 heavy (non-hydrogen) atoms. The standard InChI is InChI=1S/C29H32O10/c1-15-11-20(36-3)24(27-23(15)19(32)13-18(37-27)12-16(2)31)28-29(26(35)25(34)21(14-30)38-28)39-22(33)10-9-17-7-5-4-6-8-17/h4-11,13,16,21,25-26,28-31,34-35H,12,14H2,1-3H3/b10-9+. The van der Waals surface area contributed by atoms with Crippen molar-refractivity contribution in [3.05, 3.63) is 81.2 Å². The molecule has 0 amide bonds. The number of rotatable bonds is 8. The fourth-order valence-electron chi connectivity index (χ4n) is 4.75. The maximum atomic E-state index is 13.1. The Morgan fingerprint density at radius 1 is 1.15 bits per heavy atom. The van der Waals surface area contributed by atoms with E-state index in [4.69, 9.17) is 18.6 Å². The molecule has 3 aromatic rings. The summed E-state index contributed by atoms with van der Waals surface area (Å²) in [6, 6.07) is 11.9. The topological polar surface area (TPSA) is 156 Å². The quantitative estimate of drug-likeness (QED) is 0.245. The van der Waals surface area contributed by atoms with Crippen LogP contribution in [0.4, 0.5) is 0 Å². The second kappa shape index (κ2) is 12.1. The Hall–Kier alpha value is -3.54. The minimum atomic E-state index is -1.66. The van der Waals surface area contributed by atoms with E-state index in [-0.39, 0.29) is 39.9 Å². The van der Waals surface area contributed by atoms with E-state index in [9.17, 15) is 30.0 Å². The van der Waals surface area contributed by atoms with Crippen LogP contribution < -0.4 is 10.2 Å². The molecule has 6 unspecified atom stereocenters. The molecule has 1 saturated heterocycles. The molecule has 10 heteroatoms. The summed E-state index contributed by atoms with van der Waals surface area (Å²) in [6.45, 7) is 2.60. The lowest BCUT2D eigenvalue weighted by molar-refractivity contribution is -0.239. The van der Waals surface area contributed by atoms with Crippen LogP contribution in [0.2, 0.25) is 0 Å². The Morgan fingerprint density at radius 2 is 1.87 bits per heavy atom. The van der Waals surface area contributed by atoms with Gasteiger partial charge >= 0.3 is 5.97 Å². The third-order valence-corrected chi connectivity index (χ3v) is 6.58. The van der Waals surface area contributed by atoms with Gasteiger partial charge in [-0.25, -0.2) is 4.79 Å². The first kappa shape index (κ1) is 28.5. The number of fused-ring (bicyclic) bond motifs is 1. The minimum absolute atomic E-state index is 0.0513. The Balaban J connectivity index is 1.84. The highest BCUT2D eigenvalue weighted by atomic mass is 16.6. The third kappa shape index (κ3) is 6.05. The lowest BCUT2D eigenvalue weighted by Gasteiger charge is -2.42. The molecule has 0 bridgehead atoms. The van der Waals surface area contributed by atoms with Crippen LogP contribution in [0.1, 0.15) is 35.5 Å². The summed E-state index contributed by atoms with van der Waals surface area (Å²) in [4.78, 5) is 25.9. The van der Waals surface area contributed by atoms with E-state index < -0.39 is 49.2 Å². The van der Waals surface area contributed by atoms with Crippen molar-refractivity contribution in [1.29, 1.82) is 0 Å². The largest absolute Gasteiger partial charge is 0.496 e. The number of benzene rings is 2. The van der Waals surface area contributed by atoms with E-state index in [0.717, 1.165) is 5.56 Å². The maximum absolute atomic E-state index is 13.1. The van der Waals surface area contributed by atoms with E-state index in [2.05, 4.69) is 0 Å². The number of hydrogen-bond acceptors (Lipinski definition) is 10. The fourth-order valence-corrected chi connectivity index (χ4v) is 4.75. The Labute approximate surface area is 224 Å². The van der Waals surface area contributed by atoms with Crippen LogP contribution in [0.3, 0.4) is 0 Å². The average molecular weight is 541 g/mol. The van der Waals surface area contributed by atoms with Gasteiger partial charge < -0.3 is 39.1 Å². The SMILES string of the molecule is COc1cc(C)c2c(=O)cc(CC(C)O)oc2c1C1OC(CO)C(O)C(O)C1OC(=O)/C=C/c1ccccc1. The normalized spacial score (nSPS) is 24.1. The smallest absolute Gasteiger partial charge is 0.331 e. The predicted octanol–water partition coefficient (Wildman–Crippen LogP) is 1.81. The van der Waals surface area contributed by atoms with Gasteiger partial charge in [-0.3, -0.25) is 4.79 Å². The molecule has 1 fully saturated rings. The van der Waals surface area contributed by atoms with Gasteiger partial charge in [0.15, 0.2) is 11.5 Å². The number of esters is 1. The lowest BCUT2D eigenvalue weighted by atomic mass is 9.89. The number of carbonyl (C=O) groups is 1. The van der Waals surface area contributed by atoms with Crippen LogP contribution >= 0.6 is 0 Å². The van der Waals surface area contributed by atoms with Crippen molar-refractivity contribution in [2.24, 2.45) is 0 Å². The number of methoxy groups -OCH3 is 1. The number of aryl methyl sites for hydroxylation is 1. The summed E-state index contributed by atoms with van der Waals surface area (Å²) >= 11 is 0. The van der Waals surface area contributed by atoms with Gasteiger partial charge in [-0.2, -0.15) is 0 Å². The van der Waals surface area contributed by atoms with E-state index >= 15 is 0 Å². The molecule has 1 aliphatic heterocycles. The zero-order chi connectivity index (χ0) is 28.3. The van der Waals surface area contributed by atoms with Crippen molar-refractivity contribution in [3.8, 4) is 5.75 Å². The Morgan fingerprint density at radius 3 is 2.51 bits per heavy atom. The number of carbonyl (C=O) groups excluding carboxylic acids is 1. The first-order valence-electron chi connectivity index (χ1n) is 12.5. The first-order valence-corrected chi connectivity index (χ1v) is 12.5. The molecule has 0 spiro atoms. The van der Waals surface area contributed by atoms with Gasteiger partial charge in [-0.05, 0) is 37.1 Å². The molecule has 208 valence electrons. The van der Waals surface area contributed by atoms with Crippen LogP contribution in [0, 0.1) is 6.92 Å². The molecule has 4 rings (SSSR count). The maximum Gasteiger partial charge on any atom is 0.331 e.